The van der Waals surface area contributed by atoms with Crippen molar-refractivity contribution in [1.82, 2.24) is 0 Å². The largest absolute Gasteiger partial charge is 0.493 e. The second-order valence-electron chi connectivity index (χ2n) is 3.89. The monoisotopic (exact) mass is 262 g/mol. The second kappa shape index (κ2) is 7.32. The Bertz CT molecular complexity index is 460. The Morgan fingerprint density at radius 1 is 1.16 bits per heavy atom. The standard InChI is InChI=1S/C15H18O4/c1-5-6-7-8-12(16)11-9-13(17-2)15(19-4)14(10-11)18-3/h1,9-10H,6-8H2,2-4H3. The number of ether oxygens (including phenoxy) is 3. The lowest BCUT2D eigenvalue weighted by Gasteiger charge is -2.13. The van der Waals surface area contributed by atoms with E-state index in [2.05, 4.69) is 5.92 Å². The first-order chi connectivity index (χ1) is 9.17. The van der Waals surface area contributed by atoms with Gasteiger partial charge < -0.3 is 14.2 Å². The topological polar surface area (TPSA) is 44.8 Å². The first-order valence-electron chi connectivity index (χ1n) is 5.94. The van der Waals surface area contributed by atoms with Crippen LogP contribution in [-0.4, -0.2) is 27.1 Å². The number of benzene rings is 1. The van der Waals surface area contributed by atoms with Crippen LogP contribution in [0.2, 0.25) is 0 Å². The van der Waals surface area contributed by atoms with E-state index in [0.29, 0.717) is 42.1 Å². The Balaban J connectivity index is 3.02. The van der Waals surface area contributed by atoms with Gasteiger partial charge in [0, 0.05) is 18.4 Å². The Morgan fingerprint density at radius 3 is 2.16 bits per heavy atom. The molecular weight excluding hydrogens is 244 g/mol. The van der Waals surface area contributed by atoms with E-state index in [1.54, 1.807) is 12.1 Å². The third-order valence-corrected chi connectivity index (χ3v) is 2.71. The zero-order valence-electron chi connectivity index (χ0n) is 11.5. The van der Waals surface area contributed by atoms with Crippen LogP contribution in [0.3, 0.4) is 0 Å². The first kappa shape index (κ1) is 14.9. The molecular formula is C15H18O4. The van der Waals surface area contributed by atoms with E-state index in [0.717, 1.165) is 0 Å². The molecule has 0 heterocycles. The molecule has 0 aromatic heterocycles. The van der Waals surface area contributed by atoms with Crippen LogP contribution in [0, 0.1) is 12.3 Å². The number of hydrogen-bond donors (Lipinski definition) is 0. The molecule has 19 heavy (non-hydrogen) atoms. The summed E-state index contributed by atoms with van der Waals surface area (Å²) in [5, 5.41) is 0. The molecule has 0 bridgehead atoms. The normalized spacial score (nSPS) is 9.58. The summed E-state index contributed by atoms with van der Waals surface area (Å²) in [6.07, 6.45) is 6.84. The molecule has 0 atom stereocenters. The minimum atomic E-state index is 0.00880. The van der Waals surface area contributed by atoms with Crippen LogP contribution < -0.4 is 14.2 Å². The highest BCUT2D eigenvalue weighted by Gasteiger charge is 2.16. The number of rotatable bonds is 7. The number of hydrogen-bond acceptors (Lipinski definition) is 4. The lowest BCUT2D eigenvalue weighted by Crippen LogP contribution is -2.02. The van der Waals surface area contributed by atoms with Crippen molar-refractivity contribution in [1.29, 1.82) is 0 Å². The van der Waals surface area contributed by atoms with E-state index in [1.165, 1.54) is 21.3 Å². The predicted octanol–water partition coefficient (Wildman–Crippen LogP) is 2.70. The van der Waals surface area contributed by atoms with E-state index in [9.17, 15) is 4.79 Å². The summed E-state index contributed by atoms with van der Waals surface area (Å²) < 4.78 is 15.6. The van der Waals surface area contributed by atoms with E-state index < -0.39 is 0 Å². The number of ketones is 1. The molecule has 0 amide bonds. The number of terminal acetylenes is 1. The van der Waals surface area contributed by atoms with Crippen LogP contribution in [-0.2, 0) is 0 Å². The Kier molecular flexibility index (Phi) is 5.74. The third-order valence-electron chi connectivity index (χ3n) is 2.71. The van der Waals surface area contributed by atoms with Crippen LogP contribution in [0.1, 0.15) is 29.6 Å². The molecule has 4 nitrogen and oxygen atoms in total. The summed E-state index contributed by atoms with van der Waals surface area (Å²) >= 11 is 0. The highest BCUT2D eigenvalue weighted by Crippen LogP contribution is 2.38. The van der Waals surface area contributed by atoms with Gasteiger partial charge >= 0.3 is 0 Å². The summed E-state index contributed by atoms with van der Waals surface area (Å²) in [4.78, 5) is 12.0. The molecule has 0 aliphatic carbocycles. The summed E-state index contributed by atoms with van der Waals surface area (Å²) in [6, 6.07) is 3.30. The molecule has 1 rings (SSSR count). The molecule has 4 heteroatoms. The van der Waals surface area contributed by atoms with Gasteiger partial charge in [0.15, 0.2) is 17.3 Å². The summed E-state index contributed by atoms with van der Waals surface area (Å²) in [6.45, 7) is 0. The molecule has 0 radical (unpaired) electrons. The number of methoxy groups -OCH3 is 3. The van der Waals surface area contributed by atoms with Crippen molar-refractivity contribution in [2.45, 2.75) is 19.3 Å². The molecule has 1 aromatic rings. The quantitative estimate of drug-likeness (QED) is 0.430. The van der Waals surface area contributed by atoms with Crippen molar-refractivity contribution in [2.75, 3.05) is 21.3 Å². The molecule has 0 N–H and O–H groups in total. The highest BCUT2D eigenvalue weighted by molar-refractivity contribution is 5.97. The predicted molar refractivity (Wildman–Crippen MR) is 73.1 cm³/mol. The Hall–Kier alpha value is -2.15. The zero-order chi connectivity index (χ0) is 14.3. The number of carbonyl (C=O) groups is 1. The van der Waals surface area contributed by atoms with Crippen molar-refractivity contribution in [3.8, 4) is 29.6 Å². The van der Waals surface area contributed by atoms with Crippen LogP contribution >= 0.6 is 0 Å². The van der Waals surface area contributed by atoms with Gasteiger partial charge in [0.05, 0.1) is 21.3 Å². The van der Waals surface area contributed by atoms with Gasteiger partial charge in [0.2, 0.25) is 5.75 Å². The lowest BCUT2D eigenvalue weighted by atomic mass is 10.0. The van der Waals surface area contributed by atoms with Gasteiger partial charge in [-0.05, 0) is 18.6 Å². The maximum Gasteiger partial charge on any atom is 0.203 e. The maximum absolute atomic E-state index is 12.0. The average molecular weight is 262 g/mol. The lowest BCUT2D eigenvalue weighted by molar-refractivity contribution is 0.0980. The van der Waals surface area contributed by atoms with E-state index in [1.807, 2.05) is 0 Å². The fourth-order valence-corrected chi connectivity index (χ4v) is 1.74. The molecule has 0 saturated carbocycles. The maximum atomic E-state index is 12.0. The van der Waals surface area contributed by atoms with Crippen LogP contribution in [0.15, 0.2) is 12.1 Å². The van der Waals surface area contributed by atoms with Crippen molar-refractivity contribution in [3.05, 3.63) is 17.7 Å². The average Bonchev–Trinajstić information content (AvgIpc) is 2.45. The molecule has 0 fully saturated rings. The smallest absolute Gasteiger partial charge is 0.203 e. The van der Waals surface area contributed by atoms with Gasteiger partial charge in [-0.1, -0.05) is 0 Å². The number of unbranched alkanes of at least 4 members (excludes halogenated alkanes) is 1. The SMILES string of the molecule is C#CCCCC(=O)c1cc(OC)c(OC)c(OC)c1. The van der Waals surface area contributed by atoms with E-state index >= 15 is 0 Å². The minimum Gasteiger partial charge on any atom is -0.493 e. The van der Waals surface area contributed by atoms with Crippen molar-refractivity contribution < 1.29 is 19.0 Å². The number of carbonyl (C=O) groups excluding carboxylic acids is 1. The van der Waals surface area contributed by atoms with Crippen LogP contribution in [0.4, 0.5) is 0 Å². The van der Waals surface area contributed by atoms with Crippen molar-refractivity contribution >= 4 is 5.78 Å². The van der Waals surface area contributed by atoms with Gasteiger partial charge in [0.1, 0.15) is 0 Å². The molecule has 102 valence electrons. The van der Waals surface area contributed by atoms with Gasteiger partial charge in [0.25, 0.3) is 0 Å². The summed E-state index contributed by atoms with van der Waals surface area (Å²) in [5.41, 5.74) is 0.534. The molecule has 0 aliphatic rings. The number of Topliss-reactive ketones (excluding diaryl/α,β-unsaturated/α-hetero) is 1. The molecule has 0 aliphatic heterocycles. The van der Waals surface area contributed by atoms with Gasteiger partial charge in [-0.3, -0.25) is 4.79 Å². The van der Waals surface area contributed by atoms with Crippen LogP contribution in [0.25, 0.3) is 0 Å². The van der Waals surface area contributed by atoms with E-state index in [-0.39, 0.29) is 5.78 Å². The zero-order valence-corrected chi connectivity index (χ0v) is 11.5. The van der Waals surface area contributed by atoms with E-state index in [4.69, 9.17) is 20.6 Å². The van der Waals surface area contributed by atoms with Crippen molar-refractivity contribution in [3.63, 3.8) is 0 Å². The Labute approximate surface area is 113 Å². The fraction of sp³-hybridized carbons (Fsp3) is 0.400. The summed E-state index contributed by atoms with van der Waals surface area (Å²) in [5.74, 6) is 3.95. The molecule has 0 spiro atoms. The van der Waals surface area contributed by atoms with Gasteiger partial charge in [-0.2, -0.15) is 0 Å². The molecule has 1 aromatic carbocycles. The van der Waals surface area contributed by atoms with Crippen molar-refractivity contribution in [2.24, 2.45) is 0 Å². The summed E-state index contributed by atoms with van der Waals surface area (Å²) in [7, 11) is 4.56. The minimum absolute atomic E-state index is 0.00880. The molecule has 0 saturated heterocycles. The first-order valence-corrected chi connectivity index (χ1v) is 5.94. The fourth-order valence-electron chi connectivity index (χ4n) is 1.74. The molecule has 0 unspecified atom stereocenters. The highest BCUT2D eigenvalue weighted by atomic mass is 16.5. The van der Waals surface area contributed by atoms with Crippen LogP contribution in [0.5, 0.6) is 17.2 Å². The third kappa shape index (κ3) is 3.65. The Morgan fingerprint density at radius 2 is 1.74 bits per heavy atom. The second-order valence-corrected chi connectivity index (χ2v) is 3.89. The van der Waals surface area contributed by atoms with Gasteiger partial charge in [-0.25, -0.2) is 0 Å². The van der Waals surface area contributed by atoms with Gasteiger partial charge in [-0.15, -0.1) is 12.3 Å².